The fourth-order valence-electron chi connectivity index (χ4n) is 2.60. The molecule has 0 aromatic rings. The molecule has 0 radical (unpaired) electrons. The number of rotatable bonds is 4. The maximum absolute atomic E-state index is 9.78. The van der Waals surface area contributed by atoms with Gasteiger partial charge < -0.3 is 10.4 Å². The molecular formula is C13H25NO. The molecular weight excluding hydrogens is 186 g/mol. The van der Waals surface area contributed by atoms with Crippen LogP contribution in [0.5, 0.6) is 0 Å². The molecule has 0 heterocycles. The van der Waals surface area contributed by atoms with Gasteiger partial charge in [-0.05, 0) is 31.6 Å². The third-order valence-electron chi connectivity index (χ3n) is 3.89. The van der Waals surface area contributed by atoms with Gasteiger partial charge in [-0.2, -0.15) is 0 Å². The lowest BCUT2D eigenvalue weighted by atomic mass is 9.96. The maximum Gasteiger partial charge on any atom is 0.0692 e. The van der Waals surface area contributed by atoms with Crippen molar-refractivity contribution < 1.29 is 5.11 Å². The molecule has 0 amide bonds. The van der Waals surface area contributed by atoms with Crippen LogP contribution >= 0.6 is 0 Å². The van der Waals surface area contributed by atoms with Crippen LogP contribution in [-0.4, -0.2) is 23.8 Å². The number of aliphatic hydroxyl groups is 1. The molecule has 88 valence electrons. The topological polar surface area (TPSA) is 32.3 Å². The molecule has 2 aliphatic rings. The van der Waals surface area contributed by atoms with Crippen LogP contribution in [-0.2, 0) is 0 Å². The molecule has 2 nitrogen and oxygen atoms in total. The van der Waals surface area contributed by atoms with Gasteiger partial charge in [-0.15, -0.1) is 0 Å². The molecule has 2 saturated carbocycles. The number of nitrogens with one attached hydrogen (secondary N) is 1. The first-order chi connectivity index (χ1) is 7.36. The van der Waals surface area contributed by atoms with E-state index in [2.05, 4.69) is 5.32 Å². The Labute approximate surface area is 93.5 Å². The zero-order valence-corrected chi connectivity index (χ0v) is 9.75. The first kappa shape index (κ1) is 11.4. The summed E-state index contributed by atoms with van der Waals surface area (Å²) in [6.07, 6.45) is 12.0. The Hall–Kier alpha value is -0.0800. The van der Waals surface area contributed by atoms with E-state index in [9.17, 15) is 5.11 Å². The molecule has 2 fully saturated rings. The molecule has 15 heavy (non-hydrogen) atoms. The Morgan fingerprint density at radius 2 is 1.53 bits per heavy atom. The largest absolute Gasteiger partial charge is 0.392 e. The molecule has 2 aliphatic carbocycles. The molecule has 0 saturated heterocycles. The second-order valence-corrected chi connectivity index (χ2v) is 5.36. The second kappa shape index (κ2) is 5.86. The summed E-state index contributed by atoms with van der Waals surface area (Å²) in [6, 6.07) is 0.679. The van der Waals surface area contributed by atoms with Crippen molar-refractivity contribution in [3.05, 3.63) is 0 Å². The van der Waals surface area contributed by atoms with Gasteiger partial charge in [0.05, 0.1) is 6.10 Å². The van der Waals surface area contributed by atoms with E-state index < -0.39 is 0 Å². The summed E-state index contributed by atoms with van der Waals surface area (Å²) >= 11 is 0. The number of aliphatic hydroxyl groups excluding tert-OH is 1. The molecule has 2 heteroatoms. The van der Waals surface area contributed by atoms with Gasteiger partial charge in [0.1, 0.15) is 0 Å². The van der Waals surface area contributed by atoms with Crippen molar-refractivity contribution >= 4 is 0 Å². The minimum Gasteiger partial charge on any atom is -0.392 e. The minimum absolute atomic E-state index is 0.0737. The Morgan fingerprint density at radius 3 is 2.13 bits per heavy atom. The predicted octanol–water partition coefficient (Wildman–Crippen LogP) is 2.46. The van der Waals surface area contributed by atoms with Crippen molar-refractivity contribution in [1.82, 2.24) is 5.32 Å². The average molecular weight is 211 g/mol. The summed E-state index contributed by atoms with van der Waals surface area (Å²) in [6.45, 7) is 0.829. The standard InChI is InChI=1S/C13H25NO/c15-13(11-8-9-11)10-14-12-6-4-2-1-3-5-7-12/h11-15H,1-10H2. The van der Waals surface area contributed by atoms with Crippen molar-refractivity contribution in [1.29, 1.82) is 0 Å². The van der Waals surface area contributed by atoms with Crippen molar-refractivity contribution in [2.45, 2.75) is 69.9 Å². The SMILES string of the molecule is OC(CNC1CCCCCCC1)C1CC1. The highest BCUT2D eigenvalue weighted by Crippen LogP contribution is 2.32. The van der Waals surface area contributed by atoms with E-state index in [1.165, 1.54) is 57.8 Å². The van der Waals surface area contributed by atoms with Crippen molar-refractivity contribution in [3.63, 3.8) is 0 Å². The highest BCUT2D eigenvalue weighted by molar-refractivity contribution is 4.83. The Kier molecular flexibility index (Phi) is 4.45. The zero-order chi connectivity index (χ0) is 10.5. The summed E-state index contributed by atoms with van der Waals surface area (Å²) in [5, 5.41) is 13.3. The van der Waals surface area contributed by atoms with Crippen LogP contribution in [0.25, 0.3) is 0 Å². The quantitative estimate of drug-likeness (QED) is 0.748. The fraction of sp³-hybridized carbons (Fsp3) is 1.00. The van der Waals surface area contributed by atoms with E-state index in [1.54, 1.807) is 0 Å². The van der Waals surface area contributed by atoms with Crippen LogP contribution in [0.1, 0.15) is 57.8 Å². The van der Waals surface area contributed by atoms with Crippen molar-refractivity contribution in [2.75, 3.05) is 6.54 Å². The van der Waals surface area contributed by atoms with Crippen LogP contribution in [0, 0.1) is 5.92 Å². The summed E-state index contributed by atoms with van der Waals surface area (Å²) in [5.74, 6) is 0.617. The molecule has 2 N–H and O–H groups in total. The van der Waals surface area contributed by atoms with Gasteiger partial charge in [-0.3, -0.25) is 0 Å². The Morgan fingerprint density at radius 1 is 0.933 bits per heavy atom. The van der Waals surface area contributed by atoms with Gasteiger partial charge in [0.15, 0.2) is 0 Å². The number of hydrogen-bond donors (Lipinski definition) is 2. The van der Waals surface area contributed by atoms with Gasteiger partial charge >= 0.3 is 0 Å². The first-order valence-electron chi connectivity index (χ1n) is 6.78. The third-order valence-corrected chi connectivity index (χ3v) is 3.89. The third kappa shape index (κ3) is 4.12. The van der Waals surface area contributed by atoms with Crippen molar-refractivity contribution in [3.8, 4) is 0 Å². The van der Waals surface area contributed by atoms with Gasteiger partial charge in [0.2, 0.25) is 0 Å². The smallest absolute Gasteiger partial charge is 0.0692 e. The lowest BCUT2D eigenvalue weighted by Gasteiger charge is -2.22. The molecule has 1 atom stereocenters. The number of hydrogen-bond acceptors (Lipinski definition) is 2. The molecule has 0 aliphatic heterocycles. The Bertz CT molecular complexity index is 171. The van der Waals surface area contributed by atoms with Gasteiger partial charge in [0.25, 0.3) is 0 Å². The summed E-state index contributed by atoms with van der Waals surface area (Å²) in [5.41, 5.74) is 0. The van der Waals surface area contributed by atoms with E-state index in [0.717, 1.165) is 6.54 Å². The van der Waals surface area contributed by atoms with Crippen LogP contribution in [0.3, 0.4) is 0 Å². The van der Waals surface area contributed by atoms with E-state index in [0.29, 0.717) is 12.0 Å². The summed E-state index contributed by atoms with van der Waals surface area (Å²) in [7, 11) is 0. The highest BCUT2D eigenvalue weighted by Gasteiger charge is 2.29. The average Bonchev–Trinajstić information content (AvgIpc) is 2.98. The zero-order valence-electron chi connectivity index (χ0n) is 9.75. The minimum atomic E-state index is -0.0737. The molecule has 0 spiro atoms. The maximum atomic E-state index is 9.78. The molecule has 1 unspecified atom stereocenters. The lowest BCUT2D eigenvalue weighted by molar-refractivity contribution is 0.142. The van der Waals surface area contributed by atoms with Gasteiger partial charge in [-0.25, -0.2) is 0 Å². The van der Waals surface area contributed by atoms with E-state index in [4.69, 9.17) is 0 Å². The van der Waals surface area contributed by atoms with Gasteiger partial charge in [0, 0.05) is 12.6 Å². The molecule has 2 rings (SSSR count). The first-order valence-corrected chi connectivity index (χ1v) is 6.78. The normalized spacial score (nSPS) is 27.0. The van der Waals surface area contributed by atoms with Crippen LogP contribution in [0.4, 0.5) is 0 Å². The van der Waals surface area contributed by atoms with Gasteiger partial charge in [-0.1, -0.05) is 32.1 Å². The van der Waals surface area contributed by atoms with E-state index in [-0.39, 0.29) is 6.10 Å². The second-order valence-electron chi connectivity index (χ2n) is 5.36. The van der Waals surface area contributed by atoms with Crippen LogP contribution < -0.4 is 5.32 Å². The fourth-order valence-corrected chi connectivity index (χ4v) is 2.60. The van der Waals surface area contributed by atoms with Crippen molar-refractivity contribution in [2.24, 2.45) is 5.92 Å². The van der Waals surface area contributed by atoms with Crippen LogP contribution in [0.15, 0.2) is 0 Å². The van der Waals surface area contributed by atoms with Crippen LogP contribution in [0.2, 0.25) is 0 Å². The highest BCUT2D eigenvalue weighted by atomic mass is 16.3. The predicted molar refractivity (Wildman–Crippen MR) is 62.8 cm³/mol. The Balaban J connectivity index is 1.62. The monoisotopic (exact) mass is 211 g/mol. The van der Waals surface area contributed by atoms with E-state index >= 15 is 0 Å². The lowest BCUT2D eigenvalue weighted by Crippen LogP contribution is -2.36. The summed E-state index contributed by atoms with van der Waals surface area (Å²) in [4.78, 5) is 0. The molecule has 0 aromatic heterocycles. The molecule has 0 aromatic carbocycles. The van der Waals surface area contributed by atoms with E-state index in [1.807, 2.05) is 0 Å². The molecule has 0 bridgehead atoms. The summed E-state index contributed by atoms with van der Waals surface area (Å²) < 4.78 is 0.